The predicted molar refractivity (Wildman–Crippen MR) is 73.9 cm³/mol. The molecule has 1 heterocycles. The third-order valence-corrected chi connectivity index (χ3v) is 3.31. The Bertz CT molecular complexity index is 648. The number of amides is 1. The highest BCUT2D eigenvalue weighted by Crippen LogP contribution is 2.30. The molecule has 1 unspecified atom stereocenters. The smallest absolute Gasteiger partial charge is 0.326 e. The number of ether oxygens (including phenoxy) is 1. The van der Waals surface area contributed by atoms with Crippen molar-refractivity contribution in [1.29, 1.82) is 0 Å². The molecule has 0 bridgehead atoms. The van der Waals surface area contributed by atoms with Gasteiger partial charge in [0.05, 0.1) is 12.6 Å². The van der Waals surface area contributed by atoms with Crippen molar-refractivity contribution in [3.8, 4) is 5.75 Å². The van der Waals surface area contributed by atoms with Gasteiger partial charge in [0.2, 0.25) is 6.41 Å². The molecule has 2 aromatic rings. The standard InChI is InChI=1S/C14H16N2O4/c1-8-10(6-11(14(18)19)15-7-17)9-4-3-5-12(20-2)13(9)16-8/h3-5,7,11,16H,6H2,1-2H3,(H,15,17)(H,18,19). The molecule has 1 aromatic carbocycles. The van der Waals surface area contributed by atoms with Gasteiger partial charge in [-0.1, -0.05) is 12.1 Å². The van der Waals surface area contributed by atoms with E-state index in [2.05, 4.69) is 10.3 Å². The summed E-state index contributed by atoms with van der Waals surface area (Å²) in [4.78, 5) is 24.8. The molecule has 106 valence electrons. The van der Waals surface area contributed by atoms with E-state index in [-0.39, 0.29) is 6.42 Å². The van der Waals surface area contributed by atoms with Crippen molar-refractivity contribution in [2.24, 2.45) is 0 Å². The molecule has 20 heavy (non-hydrogen) atoms. The van der Waals surface area contributed by atoms with Crippen LogP contribution < -0.4 is 10.1 Å². The number of H-pyrrole nitrogens is 1. The lowest BCUT2D eigenvalue weighted by Crippen LogP contribution is -2.37. The van der Waals surface area contributed by atoms with Crippen LogP contribution in [0.3, 0.4) is 0 Å². The highest BCUT2D eigenvalue weighted by Gasteiger charge is 2.21. The number of hydrogen-bond donors (Lipinski definition) is 3. The number of carboxylic acid groups (broad SMARTS) is 1. The molecule has 3 N–H and O–H groups in total. The number of rotatable bonds is 6. The van der Waals surface area contributed by atoms with E-state index in [0.29, 0.717) is 12.2 Å². The first-order chi connectivity index (χ1) is 9.58. The van der Waals surface area contributed by atoms with Crippen molar-refractivity contribution < 1.29 is 19.4 Å². The Hall–Kier alpha value is -2.50. The second-order valence-electron chi connectivity index (χ2n) is 4.49. The quantitative estimate of drug-likeness (QED) is 0.692. The van der Waals surface area contributed by atoms with E-state index in [1.165, 1.54) is 0 Å². The van der Waals surface area contributed by atoms with E-state index < -0.39 is 12.0 Å². The van der Waals surface area contributed by atoms with Crippen LogP contribution in [0.1, 0.15) is 11.3 Å². The molecule has 0 saturated carbocycles. The number of aliphatic carboxylic acids is 1. The molecule has 1 aromatic heterocycles. The first-order valence-electron chi connectivity index (χ1n) is 6.15. The monoisotopic (exact) mass is 276 g/mol. The van der Waals surface area contributed by atoms with Gasteiger partial charge in [-0.2, -0.15) is 0 Å². The van der Waals surface area contributed by atoms with Gasteiger partial charge in [0.25, 0.3) is 0 Å². The number of carbonyl (C=O) groups excluding carboxylic acids is 1. The van der Waals surface area contributed by atoms with E-state index in [1.54, 1.807) is 7.11 Å². The maximum Gasteiger partial charge on any atom is 0.326 e. The van der Waals surface area contributed by atoms with Gasteiger partial charge >= 0.3 is 5.97 Å². The Morgan fingerprint density at radius 3 is 2.90 bits per heavy atom. The van der Waals surface area contributed by atoms with Gasteiger partial charge in [-0.05, 0) is 18.6 Å². The minimum Gasteiger partial charge on any atom is -0.495 e. The molecule has 0 saturated heterocycles. The summed E-state index contributed by atoms with van der Waals surface area (Å²) in [7, 11) is 1.58. The number of fused-ring (bicyclic) bond motifs is 1. The van der Waals surface area contributed by atoms with Gasteiger partial charge in [-0.15, -0.1) is 0 Å². The number of aryl methyl sites for hydroxylation is 1. The fourth-order valence-electron chi connectivity index (χ4n) is 2.31. The zero-order valence-electron chi connectivity index (χ0n) is 11.3. The van der Waals surface area contributed by atoms with Gasteiger partial charge in [0.15, 0.2) is 0 Å². The van der Waals surface area contributed by atoms with Crippen LogP contribution in [-0.2, 0) is 16.0 Å². The molecule has 0 aliphatic carbocycles. The minimum atomic E-state index is -1.06. The number of aromatic nitrogens is 1. The number of nitrogens with one attached hydrogen (secondary N) is 2. The van der Waals surface area contributed by atoms with Crippen molar-refractivity contribution >= 4 is 23.3 Å². The van der Waals surface area contributed by atoms with Crippen LogP contribution in [0.2, 0.25) is 0 Å². The lowest BCUT2D eigenvalue weighted by molar-refractivity contribution is -0.140. The molecule has 6 heteroatoms. The van der Waals surface area contributed by atoms with Crippen LogP contribution in [0.25, 0.3) is 10.9 Å². The summed E-state index contributed by atoms with van der Waals surface area (Å²) < 4.78 is 5.28. The highest BCUT2D eigenvalue weighted by molar-refractivity contribution is 5.90. The summed E-state index contributed by atoms with van der Waals surface area (Å²) in [6.45, 7) is 1.87. The average Bonchev–Trinajstić information content (AvgIpc) is 2.74. The van der Waals surface area contributed by atoms with Gasteiger partial charge < -0.3 is 20.1 Å². The molecule has 0 aliphatic heterocycles. The lowest BCUT2D eigenvalue weighted by atomic mass is 10.0. The fourth-order valence-corrected chi connectivity index (χ4v) is 2.31. The first kappa shape index (κ1) is 13.9. The number of carboxylic acids is 1. The van der Waals surface area contributed by atoms with Crippen molar-refractivity contribution in [2.75, 3.05) is 7.11 Å². The number of carbonyl (C=O) groups is 2. The van der Waals surface area contributed by atoms with E-state index in [0.717, 1.165) is 22.2 Å². The number of aromatic amines is 1. The Kier molecular flexibility index (Phi) is 3.93. The minimum absolute atomic E-state index is 0.215. The summed E-state index contributed by atoms with van der Waals surface area (Å²) >= 11 is 0. The van der Waals surface area contributed by atoms with Gasteiger partial charge in [-0.25, -0.2) is 4.79 Å². The van der Waals surface area contributed by atoms with Crippen molar-refractivity contribution in [3.05, 3.63) is 29.5 Å². The molecule has 2 rings (SSSR count). The molecular weight excluding hydrogens is 260 g/mol. The fraction of sp³-hybridized carbons (Fsp3) is 0.286. The second kappa shape index (κ2) is 5.64. The molecule has 0 radical (unpaired) electrons. The highest BCUT2D eigenvalue weighted by atomic mass is 16.5. The number of methoxy groups -OCH3 is 1. The van der Waals surface area contributed by atoms with Crippen molar-refractivity contribution in [2.45, 2.75) is 19.4 Å². The van der Waals surface area contributed by atoms with E-state index >= 15 is 0 Å². The van der Waals surface area contributed by atoms with Gasteiger partial charge in [-0.3, -0.25) is 4.79 Å². The Labute approximate surface area is 115 Å². The third-order valence-electron chi connectivity index (χ3n) is 3.31. The van der Waals surface area contributed by atoms with Crippen LogP contribution in [-0.4, -0.2) is 35.6 Å². The van der Waals surface area contributed by atoms with Crippen LogP contribution in [0.5, 0.6) is 5.75 Å². The summed E-state index contributed by atoms with van der Waals surface area (Å²) in [5, 5.41) is 12.3. The molecule has 1 atom stereocenters. The topological polar surface area (TPSA) is 91.4 Å². The zero-order chi connectivity index (χ0) is 14.7. The van der Waals surface area contributed by atoms with Crippen molar-refractivity contribution in [1.82, 2.24) is 10.3 Å². The Morgan fingerprint density at radius 1 is 1.55 bits per heavy atom. The average molecular weight is 276 g/mol. The molecule has 0 fully saturated rings. The molecular formula is C14H16N2O4. The molecule has 0 spiro atoms. The van der Waals surface area contributed by atoms with Crippen LogP contribution in [0.15, 0.2) is 18.2 Å². The summed E-state index contributed by atoms with van der Waals surface area (Å²) in [6, 6.07) is 4.63. The number of para-hydroxylation sites is 1. The molecule has 1 amide bonds. The lowest BCUT2D eigenvalue weighted by Gasteiger charge is -2.11. The summed E-state index contributed by atoms with van der Waals surface area (Å²) in [5.41, 5.74) is 2.56. The van der Waals surface area contributed by atoms with E-state index in [4.69, 9.17) is 9.84 Å². The number of hydrogen-bond acceptors (Lipinski definition) is 3. The van der Waals surface area contributed by atoms with Crippen LogP contribution >= 0.6 is 0 Å². The second-order valence-corrected chi connectivity index (χ2v) is 4.49. The summed E-state index contributed by atoms with van der Waals surface area (Å²) in [5.74, 6) is -0.360. The maximum atomic E-state index is 11.1. The SMILES string of the molecule is COc1cccc2c(CC(NC=O)C(=O)O)c(C)[nH]c12. The van der Waals surface area contributed by atoms with E-state index in [1.807, 2.05) is 25.1 Å². The maximum absolute atomic E-state index is 11.1. The van der Waals surface area contributed by atoms with Crippen molar-refractivity contribution in [3.63, 3.8) is 0 Å². The zero-order valence-corrected chi connectivity index (χ0v) is 11.3. The Balaban J connectivity index is 2.46. The molecule has 0 aliphatic rings. The predicted octanol–water partition coefficient (Wildman–Crippen LogP) is 1.23. The van der Waals surface area contributed by atoms with Gasteiger partial charge in [0.1, 0.15) is 11.8 Å². The third kappa shape index (κ3) is 2.45. The number of benzene rings is 1. The van der Waals surface area contributed by atoms with Gasteiger partial charge in [0, 0.05) is 17.5 Å². The van der Waals surface area contributed by atoms with Crippen LogP contribution in [0.4, 0.5) is 0 Å². The largest absolute Gasteiger partial charge is 0.495 e. The van der Waals surface area contributed by atoms with Crippen LogP contribution in [0, 0.1) is 6.92 Å². The summed E-state index contributed by atoms with van der Waals surface area (Å²) in [6.07, 6.45) is 0.622. The normalized spacial score (nSPS) is 12.1. The molecule has 6 nitrogen and oxygen atoms in total. The van der Waals surface area contributed by atoms with E-state index in [9.17, 15) is 9.59 Å². The first-order valence-corrected chi connectivity index (χ1v) is 6.15. The Morgan fingerprint density at radius 2 is 2.30 bits per heavy atom.